The number of hydrogen-bond acceptors (Lipinski definition) is 4. The number of aromatic nitrogens is 1. The fourth-order valence-electron chi connectivity index (χ4n) is 2.97. The Kier molecular flexibility index (Phi) is 5.64. The van der Waals surface area contributed by atoms with E-state index in [2.05, 4.69) is 26.2 Å². The molecule has 1 amide bonds. The molecule has 0 saturated carbocycles. The maximum atomic E-state index is 12.6. The molecule has 0 spiro atoms. The van der Waals surface area contributed by atoms with Crippen LogP contribution >= 0.6 is 27.5 Å². The van der Waals surface area contributed by atoms with E-state index in [1.165, 1.54) is 5.01 Å². The number of hydrazine groups is 1. The lowest BCUT2D eigenvalue weighted by molar-refractivity contribution is 0.0920. The van der Waals surface area contributed by atoms with Crippen LogP contribution < -0.4 is 11.2 Å². The molecule has 1 saturated heterocycles. The predicted molar refractivity (Wildman–Crippen MR) is 106 cm³/mol. The van der Waals surface area contributed by atoms with Gasteiger partial charge in [-0.2, -0.15) is 0 Å². The van der Waals surface area contributed by atoms with Gasteiger partial charge in [0.2, 0.25) is 5.96 Å². The summed E-state index contributed by atoms with van der Waals surface area (Å²) in [5.41, 5.74) is 1.28. The Morgan fingerprint density at radius 1 is 1.42 bits per heavy atom. The van der Waals surface area contributed by atoms with E-state index < -0.39 is 0 Å². The summed E-state index contributed by atoms with van der Waals surface area (Å²) in [4.78, 5) is 18.8. The Morgan fingerprint density at radius 2 is 2.12 bits per heavy atom. The summed E-state index contributed by atoms with van der Waals surface area (Å²) in [5.74, 6) is 5.74. The minimum atomic E-state index is -0.150. The van der Waals surface area contributed by atoms with Crippen LogP contribution in [-0.2, 0) is 0 Å². The largest absolute Gasteiger partial charge is 0.349 e. The number of nitrogens with one attached hydrogen (secondary N) is 2. The molecule has 0 aliphatic carbocycles. The summed E-state index contributed by atoms with van der Waals surface area (Å²) >= 11 is 9.50. The molecule has 138 valence electrons. The Labute approximate surface area is 165 Å². The summed E-state index contributed by atoms with van der Waals surface area (Å²) < 4.78 is 0.775. The van der Waals surface area contributed by atoms with Crippen LogP contribution in [0.15, 0.2) is 28.9 Å². The van der Waals surface area contributed by atoms with Crippen LogP contribution in [0.4, 0.5) is 0 Å². The van der Waals surface area contributed by atoms with Crippen LogP contribution in [0.5, 0.6) is 0 Å². The average molecular weight is 440 g/mol. The second-order valence-electron chi connectivity index (χ2n) is 6.35. The lowest BCUT2D eigenvalue weighted by atomic mass is 10.0. The van der Waals surface area contributed by atoms with Crippen LogP contribution in [0.1, 0.15) is 23.2 Å². The number of rotatable bonds is 2. The number of amides is 1. The first-order valence-corrected chi connectivity index (χ1v) is 9.40. The molecule has 1 fully saturated rings. The number of nitrogens with two attached hydrogens (primary N) is 1. The number of nitrogens with zero attached hydrogens (tertiary/aromatic N) is 3. The molecule has 1 aliphatic rings. The highest BCUT2D eigenvalue weighted by atomic mass is 79.9. The number of guanidine groups is 1. The lowest BCUT2D eigenvalue weighted by Gasteiger charge is -2.35. The van der Waals surface area contributed by atoms with Gasteiger partial charge in [0, 0.05) is 42.2 Å². The highest BCUT2D eigenvalue weighted by Gasteiger charge is 2.23. The number of pyridine rings is 1. The van der Waals surface area contributed by atoms with Crippen molar-refractivity contribution in [2.75, 3.05) is 20.1 Å². The first-order valence-electron chi connectivity index (χ1n) is 8.22. The third-order valence-electron chi connectivity index (χ3n) is 4.45. The van der Waals surface area contributed by atoms with Crippen molar-refractivity contribution in [1.29, 1.82) is 5.41 Å². The van der Waals surface area contributed by atoms with Gasteiger partial charge in [-0.3, -0.25) is 20.2 Å². The summed E-state index contributed by atoms with van der Waals surface area (Å²) in [6.45, 7) is 1.37. The number of carbonyl (C=O) groups is 1. The molecular weight excluding hydrogens is 420 g/mol. The molecular formula is C17H20BrClN6O. The maximum absolute atomic E-state index is 12.6. The number of halogens is 2. The van der Waals surface area contributed by atoms with Crippen LogP contribution in [0.25, 0.3) is 10.9 Å². The molecule has 4 N–H and O–H groups in total. The van der Waals surface area contributed by atoms with E-state index in [4.69, 9.17) is 22.9 Å². The van der Waals surface area contributed by atoms with E-state index in [0.717, 1.165) is 28.2 Å². The van der Waals surface area contributed by atoms with Crippen LogP contribution in [0, 0.1) is 5.41 Å². The van der Waals surface area contributed by atoms with E-state index in [1.807, 2.05) is 11.0 Å². The van der Waals surface area contributed by atoms with Gasteiger partial charge >= 0.3 is 0 Å². The van der Waals surface area contributed by atoms with Crippen molar-refractivity contribution in [3.63, 3.8) is 0 Å². The van der Waals surface area contributed by atoms with Crippen molar-refractivity contribution >= 4 is 50.3 Å². The molecule has 0 unspecified atom stereocenters. The van der Waals surface area contributed by atoms with Crippen LogP contribution in [0.3, 0.4) is 0 Å². The Hall–Kier alpha value is -1.90. The van der Waals surface area contributed by atoms with Crippen molar-refractivity contribution in [3.8, 4) is 0 Å². The van der Waals surface area contributed by atoms with Gasteiger partial charge in [-0.15, -0.1) is 0 Å². The number of hydrogen-bond donors (Lipinski definition) is 3. The first kappa shape index (κ1) is 18.9. The van der Waals surface area contributed by atoms with Gasteiger partial charge in [0.1, 0.15) is 0 Å². The number of benzene rings is 1. The predicted octanol–water partition coefficient (Wildman–Crippen LogP) is 2.59. The third-order valence-corrected chi connectivity index (χ3v) is 5.65. The van der Waals surface area contributed by atoms with E-state index in [0.29, 0.717) is 23.7 Å². The molecule has 1 aromatic carbocycles. The molecule has 0 atom stereocenters. The average Bonchev–Trinajstić information content (AvgIpc) is 2.62. The van der Waals surface area contributed by atoms with Gasteiger partial charge in [0.05, 0.1) is 16.1 Å². The van der Waals surface area contributed by atoms with E-state index >= 15 is 0 Å². The van der Waals surface area contributed by atoms with Crippen LogP contribution in [-0.4, -0.2) is 52.9 Å². The minimum absolute atomic E-state index is 0.0684. The summed E-state index contributed by atoms with van der Waals surface area (Å²) in [6, 6.07) is 5.49. The number of likely N-dealkylation sites (tertiary alicyclic amines) is 1. The molecule has 1 aliphatic heterocycles. The Bertz CT molecular complexity index is 851. The molecule has 2 aromatic rings. The highest BCUT2D eigenvalue weighted by molar-refractivity contribution is 9.10. The van der Waals surface area contributed by atoms with Crippen molar-refractivity contribution < 1.29 is 4.79 Å². The zero-order chi connectivity index (χ0) is 18.8. The van der Waals surface area contributed by atoms with Gasteiger partial charge in [-0.25, -0.2) is 5.84 Å². The monoisotopic (exact) mass is 438 g/mol. The topological polar surface area (TPSA) is 98.3 Å². The summed E-state index contributed by atoms with van der Waals surface area (Å²) in [7, 11) is 1.65. The van der Waals surface area contributed by atoms with Gasteiger partial charge in [0.25, 0.3) is 5.91 Å². The van der Waals surface area contributed by atoms with Gasteiger partial charge in [-0.05, 0) is 47.0 Å². The van der Waals surface area contributed by atoms with Gasteiger partial charge in [-0.1, -0.05) is 11.6 Å². The maximum Gasteiger partial charge on any atom is 0.253 e. The summed E-state index contributed by atoms with van der Waals surface area (Å²) in [5, 5.41) is 13.7. The quantitative estimate of drug-likeness (QED) is 0.289. The molecule has 3 rings (SSSR count). The lowest BCUT2D eigenvalue weighted by Crippen LogP contribution is -2.51. The molecule has 2 heterocycles. The Balaban J connectivity index is 1.65. The van der Waals surface area contributed by atoms with Gasteiger partial charge in [0.15, 0.2) is 0 Å². The first-order chi connectivity index (χ1) is 12.3. The molecule has 9 heteroatoms. The minimum Gasteiger partial charge on any atom is -0.349 e. The zero-order valence-corrected chi connectivity index (χ0v) is 16.6. The third kappa shape index (κ3) is 4.08. The molecule has 0 bridgehead atoms. The van der Waals surface area contributed by atoms with E-state index in [-0.39, 0.29) is 17.9 Å². The molecule has 7 nitrogen and oxygen atoms in total. The number of carbonyl (C=O) groups excluding carboxylic acids is 1. The highest BCUT2D eigenvalue weighted by Crippen LogP contribution is 2.27. The van der Waals surface area contributed by atoms with Gasteiger partial charge < -0.3 is 10.2 Å². The smallest absolute Gasteiger partial charge is 0.253 e. The standard InChI is InChI=1S/C17H20BrClN6O/c1-24(21)17(20)25-4-2-12(3-5-25)23-16(26)11-6-10-7-14(19)13(18)8-15(10)22-9-11/h6-9,12,20H,2-5,21H2,1H3,(H,23,26). The van der Waals surface area contributed by atoms with E-state index in [9.17, 15) is 4.79 Å². The SMILES string of the molecule is CN(N)C(=N)N1CCC(NC(=O)c2cnc3cc(Br)c(Cl)cc3c2)CC1. The van der Waals surface area contributed by atoms with E-state index in [1.54, 1.807) is 25.4 Å². The zero-order valence-electron chi connectivity index (χ0n) is 14.3. The fraction of sp³-hybridized carbons (Fsp3) is 0.353. The molecule has 1 aromatic heterocycles. The normalized spacial score (nSPS) is 15.2. The Morgan fingerprint density at radius 3 is 2.77 bits per heavy atom. The molecule has 26 heavy (non-hydrogen) atoms. The van der Waals surface area contributed by atoms with Crippen LogP contribution in [0.2, 0.25) is 5.02 Å². The van der Waals surface area contributed by atoms with Crippen molar-refractivity contribution in [1.82, 2.24) is 20.2 Å². The summed E-state index contributed by atoms with van der Waals surface area (Å²) in [6.07, 6.45) is 3.11. The fourth-order valence-corrected chi connectivity index (χ4v) is 3.48. The van der Waals surface area contributed by atoms with Crippen molar-refractivity contribution in [3.05, 3.63) is 39.5 Å². The van der Waals surface area contributed by atoms with Crippen molar-refractivity contribution in [2.45, 2.75) is 18.9 Å². The molecule has 0 radical (unpaired) electrons. The second-order valence-corrected chi connectivity index (χ2v) is 7.61. The number of piperidine rings is 1. The second kappa shape index (κ2) is 7.77. The number of fused-ring (bicyclic) bond motifs is 1. The van der Waals surface area contributed by atoms with Crippen molar-refractivity contribution in [2.24, 2.45) is 5.84 Å².